The number of imide groups is 1. The molecule has 0 aliphatic carbocycles. The highest BCUT2D eigenvalue weighted by Crippen LogP contribution is 2.10. The van der Waals surface area contributed by atoms with Crippen molar-refractivity contribution >= 4 is 41.8 Å². The second-order valence-electron chi connectivity index (χ2n) is 3.99. The highest BCUT2D eigenvalue weighted by atomic mass is 127. The molecule has 0 radical (unpaired) electrons. The third-order valence-corrected chi connectivity index (χ3v) is 2.53. The Morgan fingerprint density at radius 2 is 2.00 bits per heavy atom. The fourth-order valence-electron chi connectivity index (χ4n) is 1.63. The van der Waals surface area contributed by atoms with E-state index in [0.29, 0.717) is 44.9 Å². The average Bonchev–Trinajstić information content (AvgIpc) is 2.30. The van der Waals surface area contributed by atoms with Gasteiger partial charge in [-0.3, -0.25) is 19.5 Å². The standard InChI is InChI=1S/C11H20N4O2.HI/c1-2-6-13-11(12)14-7-8-15-9(16)4-3-5-10(15)17;/h2-8H2,1H3,(H3,12,13,14);1H. The van der Waals surface area contributed by atoms with Crippen molar-refractivity contribution in [3.8, 4) is 0 Å². The number of nitrogens with two attached hydrogens (primary N) is 1. The minimum absolute atomic E-state index is 0. The molecule has 1 rings (SSSR count). The maximum atomic E-state index is 11.5. The van der Waals surface area contributed by atoms with Crippen LogP contribution in [-0.4, -0.2) is 42.3 Å². The van der Waals surface area contributed by atoms with Crippen LogP contribution in [0.4, 0.5) is 0 Å². The lowest BCUT2D eigenvalue weighted by atomic mass is 10.1. The van der Waals surface area contributed by atoms with Crippen LogP contribution < -0.4 is 11.1 Å². The second kappa shape index (κ2) is 9.12. The van der Waals surface area contributed by atoms with Gasteiger partial charge in [0.05, 0.1) is 0 Å². The topological polar surface area (TPSA) is 87.8 Å². The van der Waals surface area contributed by atoms with Crippen molar-refractivity contribution in [1.29, 1.82) is 0 Å². The van der Waals surface area contributed by atoms with Crippen LogP contribution in [0.5, 0.6) is 0 Å². The first-order valence-electron chi connectivity index (χ1n) is 6.02. The van der Waals surface area contributed by atoms with Crippen molar-refractivity contribution in [1.82, 2.24) is 10.2 Å². The van der Waals surface area contributed by atoms with E-state index < -0.39 is 0 Å². The highest BCUT2D eigenvalue weighted by Gasteiger charge is 2.24. The number of carbonyl (C=O) groups is 2. The summed E-state index contributed by atoms with van der Waals surface area (Å²) in [6, 6.07) is 0. The van der Waals surface area contributed by atoms with Gasteiger partial charge in [0.2, 0.25) is 11.8 Å². The SMILES string of the molecule is CCCN=C(N)NCCN1C(=O)CCCC1=O.I. The van der Waals surface area contributed by atoms with Crippen molar-refractivity contribution in [2.75, 3.05) is 19.6 Å². The van der Waals surface area contributed by atoms with Crippen molar-refractivity contribution in [2.24, 2.45) is 10.7 Å². The molecular weight excluding hydrogens is 347 g/mol. The van der Waals surface area contributed by atoms with Gasteiger partial charge in [-0.25, -0.2) is 0 Å². The van der Waals surface area contributed by atoms with Crippen LogP contribution in [0.15, 0.2) is 4.99 Å². The molecule has 1 aliphatic heterocycles. The first kappa shape index (κ1) is 17.1. The van der Waals surface area contributed by atoms with E-state index in [0.717, 1.165) is 6.42 Å². The Balaban J connectivity index is 0.00000289. The van der Waals surface area contributed by atoms with Gasteiger partial charge in [-0.1, -0.05) is 6.92 Å². The number of hydrogen-bond acceptors (Lipinski definition) is 3. The first-order valence-corrected chi connectivity index (χ1v) is 6.02. The molecule has 3 N–H and O–H groups in total. The van der Waals surface area contributed by atoms with E-state index in [4.69, 9.17) is 5.73 Å². The Morgan fingerprint density at radius 3 is 2.56 bits per heavy atom. The van der Waals surface area contributed by atoms with Crippen LogP contribution in [0.1, 0.15) is 32.6 Å². The molecule has 0 aromatic heterocycles. The zero-order valence-corrected chi connectivity index (χ0v) is 13.0. The molecule has 0 unspecified atom stereocenters. The number of amides is 2. The van der Waals surface area contributed by atoms with Crippen LogP contribution in [-0.2, 0) is 9.59 Å². The minimum Gasteiger partial charge on any atom is -0.370 e. The molecule has 18 heavy (non-hydrogen) atoms. The van der Waals surface area contributed by atoms with Crippen molar-refractivity contribution < 1.29 is 9.59 Å². The summed E-state index contributed by atoms with van der Waals surface area (Å²) in [4.78, 5) is 28.3. The van der Waals surface area contributed by atoms with E-state index in [1.54, 1.807) is 0 Å². The van der Waals surface area contributed by atoms with Crippen molar-refractivity contribution in [3.63, 3.8) is 0 Å². The number of piperidine rings is 1. The number of guanidine groups is 1. The van der Waals surface area contributed by atoms with E-state index in [9.17, 15) is 9.59 Å². The molecule has 1 aliphatic rings. The fraction of sp³-hybridized carbons (Fsp3) is 0.727. The number of nitrogens with one attached hydrogen (secondary N) is 1. The summed E-state index contributed by atoms with van der Waals surface area (Å²) < 4.78 is 0. The summed E-state index contributed by atoms with van der Waals surface area (Å²) in [6.07, 6.45) is 2.53. The Morgan fingerprint density at radius 1 is 1.39 bits per heavy atom. The first-order chi connectivity index (χ1) is 8.15. The number of carbonyl (C=O) groups excluding carboxylic acids is 2. The summed E-state index contributed by atoms with van der Waals surface area (Å²) in [5.74, 6) is 0.183. The lowest BCUT2D eigenvalue weighted by Gasteiger charge is -2.24. The van der Waals surface area contributed by atoms with Gasteiger partial charge in [0.25, 0.3) is 0 Å². The molecule has 104 valence electrons. The van der Waals surface area contributed by atoms with Gasteiger partial charge >= 0.3 is 0 Å². The van der Waals surface area contributed by atoms with Gasteiger partial charge in [0, 0.05) is 32.5 Å². The zero-order chi connectivity index (χ0) is 12.7. The summed E-state index contributed by atoms with van der Waals surface area (Å²) >= 11 is 0. The predicted molar refractivity (Wildman–Crippen MR) is 80.8 cm³/mol. The van der Waals surface area contributed by atoms with Gasteiger partial charge in [0.1, 0.15) is 0 Å². The van der Waals surface area contributed by atoms with E-state index in [1.165, 1.54) is 4.90 Å². The molecule has 1 saturated heterocycles. The zero-order valence-electron chi connectivity index (χ0n) is 10.6. The Kier molecular flexibility index (Phi) is 8.69. The number of hydrogen-bond donors (Lipinski definition) is 2. The summed E-state index contributed by atoms with van der Waals surface area (Å²) in [6.45, 7) is 3.51. The molecule has 0 aromatic rings. The lowest BCUT2D eigenvalue weighted by Crippen LogP contribution is -2.45. The Bertz CT molecular complexity index is 304. The van der Waals surface area contributed by atoms with E-state index in [1.807, 2.05) is 6.92 Å². The normalized spacial score (nSPS) is 16.5. The molecule has 0 atom stereocenters. The molecule has 7 heteroatoms. The molecule has 0 saturated carbocycles. The fourth-order valence-corrected chi connectivity index (χ4v) is 1.63. The van der Waals surface area contributed by atoms with Crippen molar-refractivity contribution in [2.45, 2.75) is 32.6 Å². The van der Waals surface area contributed by atoms with Crippen LogP contribution in [0, 0.1) is 0 Å². The van der Waals surface area contributed by atoms with Crippen LogP contribution >= 0.6 is 24.0 Å². The molecule has 0 aromatic carbocycles. The molecular formula is C11H21IN4O2. The Hall–Kier alpha value is -0.860. The van der Waals surface area contributed by atoms with Gasteiger partial charge < -0.3 is 11.1 Å². The molecule has 2 amide bonds. The van der Waals surface area contributed by atoms with Gasteiger partial charge in [-0.2, -0.15) is 0 Å². The molecule has 0 bridgehead atoms. The Labute approximate surface area is 124 Å². The second-order valence-corrected chi connectivity index (χ2v) is 3.99. The van der Waals surface area contributed by atoms with Crippen LogP contribution in [0.2, 0.25) is 0 Å². The summed E-state index contributed by atoms with van der Waals surface area (Å²) in [5, 5.41) is 2.89. The number of nitrogens with zero attached hydrogens (tertiary/aromatic N) is 2. The summed E-state index contributed by atoms with van der Waals surface area (Å²) in [7, 11) is 0. The number of halogens is 1. The average molecular weight is 368 g/mol. The smallest absolute Gasteiger partial charge is 0.229 e. The van der Waals surface area contributed by atoms with Gasteiger partial charge in [-0.05, 0) is 12.8 Å². The van der Waals surface area contributed by atoms with Crippen LogP contribution in [0.25, 0.3) is 0 Å². The monoisotopic (exact) mass is 368 g/mol. The highest BCUT2D eigenvalue weighted by molar-refractivity contribution is 14.0. The quantitative estimate of drug-likeness (QED) is 0.319. The molecule has 1 heterocycles. The molecule has 1 fully saturated rings. The minimum atomic E-state index is -0.0906. The van der Waals surface area contributed by atoms with Crippen molar-refractivity contribution in [3.05, 3.63) is 0 Å². The maximum Gasteiger partial charge on any atom is 0.229 e. The van der Waals surface area contributed by atoms with E-state index >= 15 is 0 Å². The third kappa shape index (κ3) is 5.65. The lowest BCUT2D eigenvalue weighted by molar-refractivity contribution is -0.147. The largest absolute Gasteiger partial charge is 0.370 e. The molecule has 6 nitrogen and oxygen atoms in total. The molecule has 0 spiro atoms. The number of likely N-dealkylation sites (tertiary alicyclic amines) is 1. The predicted octanol–water partition coefficient (Wildman–Crippen LogP) is 0.458. The van der Waals surface area contributed by atoms with Gasteiger partial charge in [-0.15, -0.1) is 24.0 Å². The maximum absolute atomic E-state index is 11.5. The summed E-state index contributed by atoms with van der Waals surface area (Å²) in [5.41, 5.74) is 5.60. The van der Waals surface area contributed by atoms with E-state index in [2.05, 4.69) is 10.3 Å². The number of aliphatic imine (C=N–C) groups is 1. The van der Waals surface area contributed by atoms with Crippen LogP contribution in [0.3, 0.4) is 0 Å². The number of rotatable bonds is 5. The van der Waals surface area contributed by atoms with E-state index in [-0.39, 0.29) is 35.8 Å². The van der Waals surface area contributed by atoms with Gasteiger partial charge in [0.15, 0.2) is 5.96 Å². The third-order valence-electron chi connectivity index (χ3n) is 2.53.